The molecule has 112 valence electrons. The van der Waals surface area contributed by atoms with Crippen LogP contribution in [0.3, 0.4) is 0 Å². The second kappa shape index (κ2) is 6.98. The van der Waals surface area contributed by atoms with Gasteiger partial charge < -0.3 is 15.4 Å². The average molecular weight is 276 g/mol. The number of nitrogen functional groups attached to an aromatic ring is 1. The van der Waals surface area contributed by atoms with E-state index in [1.807, 2.05) is 12.1 Å². The minimum Gasteiger partial charge on any atom is -0.495 e. The minimum atomic E-state index is 0.741. The van der Waals surface area contributed by atoms with Crippen LogP contribution in [0.2, 0.25) is 0 Å². The van der Waals surface area contributed by atoms with Crippen LogP contribution in [-0.4, -0.2) is 31.6 Å². The van der Waals surface area contributed by atoms with Gasteiger partial charge in [0.15, 0.2) is 0 Å². The highest BCUT2D eigenvalue weighted by Gasteiger charge is 2.20. The number of likely N-dealkylation sites (tertiary alicyclic amines) is 1. The molecule has 1 heterocycles. The summed E-state index contributed by atoms with van der Waals surface area (Å²) in [7, 11) is 1.66. The van der Waals surface area contributed by atoms with E-state index in [4.69, 9.17) is 10.5 Å². The number of aryl methyl sites for hydroxylation is 1. The van der Waals surface area contributed by atoms with E-state index in [0.29, 0.717) is 0 Å². The lowest BCUT2D eigenvalue weighted by molar-refractivity contribution is 0.140. The number of rotatable bonds is 5. The molecule has 1 fully saturated rings. The molecule has 1 aliphatic rings. The first-order valence-electron chi connectivity index (χ1n) is 7.73. The van der Waals surface area contributed by atoms with E-state index < -0.39 is 0 Å². The number of nitrogens with two attached hydrogens (primary N) is 1. The van der Waals surface area contributed by atoms with Crippen LogP contribution in [0.1, 0.15) is 32.3 Å². The molecular weight excluding hydrogens is 248 g/mol. The fraction of sp³-hybridized carbons (Fsp3) is 0.647. The summed E-state index contributed by atoms with van der Waals surface area (Å²) in [5, 5.41) is 0. The predicted octanol–water partition coefficient (Wildman–Crippen LogP) is 3.19. The van der Waals surface area contributed by atoms with Crippen molar-refractivity contribution in [3.8, 4) is 5.75 Å². The standard InChI is InChI=1S/C17H28N2O/c1-13-9-14(2)12-19(11-13)8-4-5-15-6-7-17(20-3)16(18)10-15/h6-7,10,13-14H,4-5,8-9,11-12,18H2,1-3H3. The molecule has 0 aromatic heterocycles. The largest absolute Gasteiger partial charge is 0.495 e. The van der Waals surface area contributed by atoms with Crippen molar-refractivity contribution in [1.29, 1.82) is 0 Å². The van der Waals surface area contributed by atoms with E-state index in [-0.39, 0.29) is 0 Å². The van der Waals surface area contributed by atoms with Crippen molar-refractivity contribution in [1.82, 2.24) is 4.90 Å². The summed E-state index contributed by atoms with van der Waals surface area (Å²) < 4.78 is 5.19. The van der Waals surface area contributed by atoms with Gasteiger partial charge in [-0.25, -0.2) is 0 Å². The zero-order valence-corrected chi connectivity index (χ0v) is 13.1. The molecule has 1 aromatic carbocycles. The smallest absolute Gasteiger partial charge is 0.141 e. The first-order valence-corrected chi connectivity index (χ1v) is 7.73. The summed E-state index contributed by atoms with van der Waals surface area (Å²) >= 11 is 0. The van der Waals surface area contributed by atoms with Crippen molar-refractivity contribution >= 4 is 5.69 Å². The Labute approximate surface area is 123 Å². The van der Waals surface area contributed by atoms with E-state index in [1.54, 1.807) is 7.11 Å². The van der Waals surface area contributed by atoms with Gasteiger partial charge in [0.05, 0.1) is 12.8 Å². The van der Waals surface area contributed by atoms with Crippen molar-refractivity contribution in [3.63, 3.8) is 0 Å². The van der Waals surface area contributed by atoms with Crippen LogP contribution in [0.5, 0.6) is 5.75 Å². The van der Waals surface area contributed by atoms with Crippen molar-refractivity contribution in [2.45, 2.75) is 33.1 Å². The van der Waals surface area contributed by atoms with Gasteiger partial charge in [0.1, 0.15) is 5.75 Å². The molecule has 0 spiro atoms. The fourth-order valence-corrected chi connectivity index (χ4v) is 3.42. The molecule has 3 nitrogen and oxygen atoms in total. The van der Waals surface area contributed by atoms with Crippen LogP contribution < -0.4 is 10.5 Å². The van der Waals surface area contributed by atoms with E-state index in [0.717, 1.165) is 29.7 Å². The molecule has 0 radical (unpaired) electrons. The van der Waals surface area contributed by atoms with Gasteiger partial charge >= 0.3 is 0 Å². The number of ether oxygens (including phenoxy) is 1. The highest BCUT2D eigenvalue weighted by atomic mass is 16.5. The van der Waals surface area contributed by atoms with Crippen LogP contribution >= 0.6 is 0 Å². The molecule has 1 aliphatic heterocycles. The molecule has 2 unspecified atom stereocenters. The number of methoxy groups -OCH3 is 1. The van der Waals surface area contributed by atoms with Gasteiger partial charge in [-0.3, -0.25) is 0 Å². The molecule has 1 saturated heterocycles. The van der Waals surface area contributed by atoms with Gasteiger partial charge in [-0.1, -0.05) is 19.9 Å². The Bertz CT molecular complexity index is 423. The highest BCUT2D eigenvalue weighted by molar-refractivity contribution is 5.54. The summed E-state index contributed by atoms with van der Waals surface area (Å²) in [6.45, 7) is 8.45. The van der Waals surface area contributed by atoms with Crippen molar-refractivity contribution in [2.75, 3.05) is 32.5 Å². The molecule has 3 heteroatoms. The zero-order valence-electron chi connectivity index (χ0n) is 13.1. The minimum absolute atomic E-state index is 0.741. The maximum atomic E-state index is 5.95. The predicted molar refractivity (Wildman–Crippen MR) is 85.1 cm³/mol. The van der Waals surface area contributed by atoms with E-state index in [1.165, 1.54) is 38.0 Å². The number of anilines is 1. The lowest BCUT2D eigenvalue weighted by Crippen LogP contribution is -2.39. The normalized spacial score (nSPS) is 23.8. The van der Waals surface area contributed by atoms with Crippen LogP contribution in [0, 0.1) is 11.8 Å². The summed E-state index contributed by atoms with van der Waals surface area (Å²) in [4.78, 5) is 2.62. The summed E-state index contributed by atoms with van der Waals surface area (Å²) in [6.07, 6.45) is 3.67. The number of nitrogens with zero attached hydrogens (tertiary/aromatic N) is 1. The Morgan fingerprint density at radius 1 is 1.25 bits per heavy atom. The lowest BCUT2D eigenvalue weighted by Gasteiger charge is -2.34. The van der Waals surface area contributed by atoms with Gasteiger partial charge in [0.2, 0.25) is 0 Å². The summed E-state index contributed by atoms with van der Waals surface area (Å²) in [6, 6.07) is 6.13. The maximum Gasteiger partial charge on any atom is 0.141 e. The number of piperidine rings is 1. The lowest BCUT2D eigenvalue weighted by atomic mass is 9.92. The van der Waals surface area contributed by atoms with Gasteiger partial charge in [0, 0.05) is 13.1 Å². The number of hydrogen-bond donors (Lipinski definition) is 1. The van der Waals surface area contributed by atoms with Gasteiger partial charge in [0.25, 0.3) is 0 Å². The first kappa shape index (κ1) is 15.2. The molecule has 2 atom stereocenters. The van der Waals surface area contributed by atoms with Crippen LogP contribution in [0.4, 0.5) is 5.69 Å². The Morgan fingerprint density at radius 3 is 2.55 bits per heavy atom. The molecule has 0 bridgehead atoms. The summed E-state index contributed by atoms with van der Waals surface area (Å²) in [5.74, 6) is 2.46. The van der Waals surface area contributed by atoms with Gasteiger partial charge in [-0.05, 0) is 55.3 Å². The summed E-state index contributed by atoms with van der Waals surface area (Å²) in [5.41, 5.74) is 8.00. The van der Waals surface area contributed by atoms with Crippen LogP contribution in [0.25, 0.3) is 0 Å². The van der Waals surface area contributed by atoms with Crippen molar-refractivity contribution in [3.05, 3.63) is 23.8 Å². The topological polar surface area (TPSA) is 38.5 Å². The molecule has 0 aliphatic carbocycles. The monoisotopic (exact) mass is 276 g/mol. The third kappa shape index (κ3) is 4.14. The van der Waals surface area contributed by atoms with Gasteiger partial charge in [-0.2, -0.15) is 0 Å². The Kier molecular flexibility index (Phi) is 5.30. The van der Waals surface area contributed by atoms with E-state index >= 15 is 0 Å². The first-order chi connectivity index (χ1) is 9.58. The highest BCUT2D eigenvalue weighted by Crippen LogP contribution is 2.23. The number of hydrogen-bond acceptors (Lipinski definition) is 3. The Hall–Kier alpha value is -1.22. The third-order valence-corrected chi connectivity index (χ3v) is 4.18. The van der Waals surface area contributed by atoms with E-state index in [2.05, 4.69) is 24.8 Å². The number of benzene rings is 1. The van der Waals surface area contributed by atoms with Crippen molar-refractivity contribution < 1.29 is 4.74 Å². The quantitative estimate of drug-likeness (QED) is 0.839. The molecule has 1 aromatic rings. The van der Waals surface area contributed by atoms with Crippen molar-refractivity contribution in [2.24, 2.45) is 11.8 Å². The molecule has 20 heavy (non-hydrogen) atoms. The van der Waals surface area contributed by atoms with Gasteiger partial charge in [-0.15, -0.1) is 0 Å². The molecule has 0 amide bonds. The zero-order chi connectivity index (χ0) is 14.5. The maximum absolute atomic E-state index is 5.95. The molecule has 0 saturated carbocycles. The Morgan fingerprint density at radius 2 is 1.95 bits per heavy atom. The third-order valence-electron chi connectivity index (χ3n) is 4.18. The van der Waals surface area contributed by atoms with Crippen LogP contribution in [0.15, 0.2) is 18.2 Å². The Balaban J connectivity index is 1.79. The second-order valence-electron chi connectivity index (χ2n) is 6.39. The average Bonchev–Trinajstić information content (AvgIpc) is 2.38. The molecule has 2 N–H and O–H groups in total. The fourth-order valence-electron chi connectivity index (χ4n) is 3.42. The van der Waals surface area contributed by atoms with E-state index in [9.17, 15) is 0 Å². The molecule has 2 rings (SSSR count). The van der Waals surface area contributed by atoms with Crippen LogP contribution in [-0.2, 0) is 6.42 Å². The SMILES string of the molecule is COc1ccc(CCCN2CC(C)CC(C)C2)cc1N. The molecular formula is C17H28N2O. The second-order valence-corrected chi connectivity index (χ2v) is 6.39.